The Hall–Kier alpha value is -1.35. The van der Waals surface area contributed by atoms with Crippen LogP contribution in [0.3, 0.4) is 0 Å². The van der Waals surface area contributed by atoms with Crippen molar-refractivity contribution in [2.75, 3.05) is 14.2 Å². The van der Waals surface area contributed by atoms with Crippen molar-refractivity contribution in [2.24, 2.45) is 17.8 Å². The number of carbonyl (C=O) groups is 1. The third-order valence-corrected chi connectivity index (χ3v) is 6.27. The Balaban J connectivity index is 1.82. The summed E-state index contributed by atoms with van der Waals surface area (Å²) in [4.78, 5) is 14.5. The Labute approximate surface area is 140 Å². The normalized spacial score (nSPS) is 33.6. The van der Waals surface area contributed by atoms with Crippen LogP contribution in [0.1, 0.15) is 38.2 Å². The molecule has 3 heteroatoms. The summed E-state index contributed by atoms with van der Waals surface area (Å²) in [6, 6.07) is 12.0. The average Bonchev–Trinajstić information content (AvgIpc) is 2.79. The van der Waals surface area contributed by atoms with E-state index >= 15 is 0 Å². The molecule has 2 heterocycles. The quantitative estimate of drug-likeness (QED) is 0.779. The van der Waals surface area contributed by atoms with Gasteiger partial charge in [0.15, 0.2) is 0 Å². The van der Waals surface area contributed by atoms with Crippen LogP contribution in [0.2, 0.25) is 0 Å². The highest BCUT2D eigenvalue weighted by Crippen LogP contribution is 2.47. The minimum Gasteiger partial charge on any atom is -0.469 e. The highest BCUT2D eigenvalue weighted by atomic mass is 16.5. The van der Waals surface area contributed by atoms with Gasteiger partial charge in [-0.25, -0.2) is 0 Å². The van der Waals surface area contributed by atoms with Gasteiger partial charge in [0.2, 0.25) is 0 Å². The molecule has 2 bridgehead atoms. The lowest BCUT2D eigenvalue weighted by Gasteiger charge is -2.43. The first-order valence-corrected chi connectivity index (χ1v) is 8.96. The molecule has 2 saturated heterocycles. The monoisotopic (exact) mass is 315 g/mol. The third-order valence-electron chi connectivity index (χ3n) is 6.27. The van der Waals surface area contributed by atoms with E-state index in [1.165, 1.54) is 31.9 Å². The molecule has 1 aromatic carbocycles. The zero-order valence-corrected chi connectivity index (χ0v) is 14.6. The molecule has 1 aromatic rings. The number of ether oxygens (including phenoxy) is 1. The SMILES string of the molecule is CC[C@@H]1C[C@@H]2[C@H](CC(=O)OC)[C@@H](Cc3ccccc3)C[C@H]1N2C. The van der Waals surface area contributed by atoms with Gasteiger partial charge >= 0.3 is 5.97 Å². The maximum absolute atomic E-state index is 12.0. The molecule has 2 aliphatic heterocycles. The van der Waals surface area contributed by atoms with E-state index in [1.54, 1.807) is 0 Å². The molecule has 2 fully saturated rings. The summed E-state index contributed by atoms with van der Waals surface area (Å²) in [7, 11) is 3.77. The lowest BCUT2D eigenvalue weighted by molar-refractivity contribution is -0.143. The maximum Gasteiger partial charge on any atom is 0.305 e. The zero-order valence-electron chi connectivity index (χ0n) is 14.6. The fourth-order valence-corrected chi connectivity index (χ4v) is 5.02. The van der Waals surface area contributed by atoms with Crippen molar-refractivity contribution in [1.82, 2.24) is 4.90 Å². The molecule has 5 atom stereocenters. The molecule has 0 amide bonds. The Morgan fingerprint density at radius 3 is 2.52 bits per heavy atom. The van der Waals surface area contributed by atoms with Crippen LogP contribution in [0.4, 0.5) is 0 Å². The first-order valence-electron chi connectivity index (χ1n) is 8.96. The van der Waals surface area contributed by atoms with E-state index in [1.807, 2.05) is 0 Å². The molecule has 0 aliphatic carbocycles. The lowest BCUT2D eigenvalue weighted by Crippen LogP contribution is -2.48. The van der Waals surface area contributed by atoms with Gasteiger partial charge in [-0.05, 0) is 49.6 Å². The number of fused-ring (bicyclic) bond motifs is 2. The van der Waals surface area contributed by atoms with Crippen molar-refractivity contribution in [2.45, 2.75) is 51.1 Å². The van der Waals surface area contributed by atoms with Crippen LogP contribution < -0.4 is 0 Å². The Kier molecular flexibility index (Phi) is 5.05. The van der Waals surface area contributed by atoms with Crippen molar-refractivity contribution < 1.29 is 9.53 Å². The second-order valence-electron chi connectivity index (χ2n) is 7.33. The maximum atomic E-state index is 12.0. The zero-order chi connectivity index (χ0) is 16.4. The first-order chi connectivity index (χ1) is 11.1. The predicted molar refractivity (Wildman–Crippen MR) is 92.1 cm³/mol. The van der Waals surface area contributed by atoms with Crippen molar-refractivity contribution in [3.63, 3.8) is 0 Å². The minimum absolute atomic E-state index is 0.0557. The van der Waals surface area contributed by atoms with E-state index in [-0.39, 0.29) is 5.97 Å². The summed E-state index contributed by atoms with van der Waals surface area (Å²) >= 11 is 0. The summed E-state index contributed by atoms with van der Waals surface area (Å²) in [5, 5.41) is 0. The standard InChI is InChI=1S/C20H29NO2/c1-4-15-11-19-17(13-20(22)23-3)16(12-18(15)21(19)2)10-14-8-6-5-7-9-14/h5-9,15-19H,4,10-13H2,1-3H3/t15-,16+,17-,18-,19-/m1/s1. The lowest BCUT2D eigenvalue weighted by atomic mass is 9.75. The molecule has 0 saturated carbocycles. The Morgan fingerprint density at radius 1 is 1.17 bits per heavy atom. The Morgan fingerprint density at radius 2 is 1.87 bits per heavy atom. The van der Waals surface area contributed by atoms with Crippen molar-refractivity contribution in [3.05, 3.63) is 35.9 Å². The Bertz CT molecular complexity index is 530. The number of nitrogens with zero attached hydrogens (tertiary/aromatic N) is 1. The van der Waals surface area contributed by atoms with Gasteiger partial charge in [0, 0.05) is 12.1 Å². The van der Waals surface area contributed by atoms with Crippen LogP contribution >= 0.6 is 0 Å². The number of esters is 1. The topological polar surface area (TPSA) is 29.5 Å². The summed E-state index contributed by atoms with van der Waals surface area (Å²) in [5.74, 6) is 1.73. The van der Waals surface area contributed by atoms with Crippen molar-refractivity contribution in [1.29, 1.82) is 0 Å². The van der Waals surface area contributed by atoms with Gasteiger partial charge in [0.05, 0.1) is 13.5 Å². The predicted octanol–water partition coefficient (Wildman–Crippen LogP) is 3.53. The van der Waals surface area contributed by atoms with E-state index in [4.69, 9.17) is 4.74 Å². The number of piperidine rings is 1. The molecule has 2 aliphatic rings. The molecular formula is C20H29NO2. The minimum atomic E-state index is -0.0557. The largest absolute Gasteiger partial charge is 0.469 e. The van der Waals surface area contributed by atoms with E-state index in [2.05, 4.69) is 49.2 Å². The van der Waals surface area contributed by atoms with Gasteiger partial charge in [-0.1, -0.05) is 43.7 Å². The fourth-order valence-electron chi connectivity index (χ4n) is 5.02. The van der Waals surface area contributed by atoms with Gasteiger partial charge in [0.1, 0.15) is 0 Å². The molecule has 0 aromatic heterocycles. The number of hydrogen-bond donors (Lipinski definition) is 0. The van der Waals surface area contributed by atoms with Gasteiger partial charge in [-0.2, -0.15) is 0 Å². The molecule has 0 N–H and O–H groups in total. The summed E-state index contributed by atoms with van der Waals surface area (Å²) in [6.07, 6.45) is 5.34. The van der Waals surface area contributed by atoms with Gasteiger partial charge < -0.3 is 4.74 Å². The van der Waals surface area contributed by atoms with Crippen LogP contribution in [0.15, 0.2) is 30.3 Å². The molecule has 3 rings (SSSR count). The average molecular weight is 315 g/mol. The summed E-state index contributed by atoms with van der Waals surface area (Å²) in [6.45, 7) is 2.31. The smallest absolute Gasteiger partial charge is 0.305 e. The van der Waals surface area contributed by atoms with Gasteiger partial charge in [0.25, 0.3) is 0 Å². The fraction of sp³-hybridized carbons (Fsp3) is 0.650. The van der Waals surface area contributed by atoms with Gasteiger partial charge in [-0.15, -0.1) is 0 Å². The first kappa shape index (κ1) is 16.5. The van der Waals surface area contributed by atoms with Crippen LogP contribution in [0, 0.1) is 17.8 Å². The molecule has 23 heavy (non-hydrogen) atoms. The molecule has 3 nitrogen and oxygen atoms in total. The third kappa shape index (κ3) is 3.30. The van der Waals surface area contributed by atoms with Crippen LogP contribution in [-0.2, 0) is 16.0 Å². The number of carbonyl (C=O) groups excluding carboxylic acids is 1. The molecule has 0 unspecified atom stereocenters. The highest BCUT2D eigenvalue weighted by Gasteiger charge is 2.49. The molecule has 0 spiro atoms. The number of methoxy groups -OCH3 is 1. The second kappa shape index (κ2) is 7.04. The molecule has 126 valence electrons. The number of rotatable bonds is 5. The summed E-state index contributed by atoms with van der Waals surface area (Å²) < 4.78 is 4.99. The van der Waals surface area contributed by atoms with Crippen LogP contribution in [0.25, 0.3) is 0 Å². The molecule has 0 radical (unpaired) electrons. The van der Waals surface area contributed by atoms with Crippen LogP contribution in [-0.4, -0.2) is 37.1 Å². The second-order valence-corrected chi connectivity index (χ2v) is 7.33. The molecular weight excluding hydrogens is 286 g/mol. The van der Waals surface area contributed by atoms with E-state index in [9.17, 15) is 4.79 Å². The summed E-state index contributed by atoms with van der Waals surface area (Å²) in [5.41, 5.74) is 1.39. The van der Waals surface area contributed by atoms with E-state index < -0.39 is 0 Å². The highest BCUT2D eigenvalue weighted by molar-refractivity contribution is 5.69. The van der Waals surface area contributed by atoms with Crippen LogP contribution in [0.5, 0.6) is 0 Å². The van der Waals surface area contributed by atoms with Crippen molar-refractivity contribution >= 4 is 5.97 Å². The van der Waals surface area contributed by atoms with Gasteiger partial charge in [-0.3, -0.25) is 9.69 Å². The number of hydrogen-bond acceptors (Lipinski definition) is 3. The van der Waals surface area contributed by atoms with E-state index in [0.717, 1.165) is 12.3 Å². The van der Waals surface area contributed by atoms with E-state index in [0.29, 0.717) is 30.3 Å². The number of benzene rings is 1. The van der Waals surface area contributed by atoms with Crippen molar-refractivity contribution in [3.8, 4) is 0 Å².